The maximum absolute atomic E-state index is 9.82. The molecule has 0 unspecified atom stereocenters. The lowest BCUT2D eigenvalue weighted by Crippen LogP contribution is -1.89. The number of benzene rings is 2. The van der Waals surface area contributed by atoms with Crippen LogP contribution in [0, 0.1) is 0 Å². The van der Waals surface area contributed by atoms with Gasteiger partial charge in [0.2, 0.25) is 6.08 Å². The highest BCUT2D eigenvalue weighted by Crippen LogP contribution is 2.23. The maximum atomic E-state index is 9.82. The molecular weight excluding hydrogens is 342 g/mol. The lowest BCUT2D eigenvalue weighted by molar-refractivity contribution is 0.565. The van der Waals surface area contributed by atoms with Gasteiger partial charge in [-0.3, -0.25) is 0 Å². The highest BCUT2D eigenvalue weighted by molar-refractivity contribution is 6.49. The number of carbonyl (C=O) groups excluding carboxylic acids is 1. The van der Waals surface area contributed by atoms with Crippen molar-refractivity contribution in [1.82, 2.24) is 0 Å². The number of anilines is 1. The van der Waals surface area contributed by atoms with Crippen LogP contribution in [-0.4, -0.2) is 6.08 Å². The van der Waals surface area contributed by atoms with Crippen LogP contribution in [0.15, 0.2) is 53.5 Å². The molecule has 0 amide bonds. The second kappa shape index (κ2) is 8.85. The molecule has 104 valence electrons. The Bertz CT molecular complexity index is 578. The Labute approximate surface area is 136 Å². The lowest BCUT2D eigenvalue weighted by atomic mass is 10.3. The number of nitrogens with zero attached hydrogens (tertiary/aromatic N) is 2. The van der Waals surface area contributed by atoms with Crippen molar-refractivity contribution in [2.75, 3.05) is 3.94 Å². The van der Waals surface area contributed by atoms with Crippen molar-refractivity contribution in [3.05, 3.63) is 58.6 Å². The smallest absolute Gasteiger partial charge is 0.211 e. The van der Waals surface area contributed by atoms with Crippen LogP contribution in [-0.2, 0) is 4.79 Å². The highest BCUT2D eigenvalue weighted by atomic mass is 35.5. The van der Waals surface area contributed by atoms with E-state index in [1.165, 1.54) is 18.2 Å². The van der Waals surface area contributed by atoms with Crippen molar-refractivity contribution >= 4 is 64.2 Å². The van der Waals surface area contributed by atoms with Gasteiger partial charge in [-0.25, -0.2) is 4.79 Å². The monoisotopic (exact) mass is 348 g/mol. The molecule has 0 saturated carbocycles. The lowest BCUT2D eigenvalue weighted by Gasteiger charge is -2.02. The molecule has 0 radical (unpaired) electrons. The van der Waals surface area contributed by atoms with Gasteiger partial charge in [0.15, 0.2) is 0 Å². The summed E-state index contributed by atoms with van der Waals surface area (Å²) >= 11 is 22.0. The van der Waals surface area contributed by atoms with E-state index < -0.39 is 0 Å². The fraction of sp³-hybridized carbons (Fsp3) is 0. The third-order valence-electron chi connectivity index (χ3n) is 1.97. The number of rotatable bonds is 2. The minimum Gasteiger partial charge on any atom is -0.211 e. The van der Waals surface area contributed by atoms with Crippen LogP contribution in [0.4, 0.5) is 11.4 Å². The van der Waals surface area contributed by atoms with Gasteiger partial charge in [0.05, 0.1) is 11.4 Å². The van der Waals surface area contributed by atoms with E-state index in [1.54, 1.807) is 6.07 Å². The zero-order valence-corrected chi connectivity index (χ0v) is 13.0. The van der Waals surface area contributed by atoms with E-state index in [9.17, 15) is 4.79 Å². The molecular formula is C13H8Cl4N2O. The summed E-state index contributed by atoms with van der Waals surface area (Å²) in [5.74, 6) is 0. The van der Waals surface area contributed by atoms with Crippen LogP contribution in [0.5, 0.6) is 0 Å². The van der Waals surface area contributed by atoms with E-state index >= 15 is 0 Å². The third-order valence-corrected chi connectivity index (χ3v) is 2.80. The molecule has 0 atom stereocenters. The summed E-state index contributed by atoms with van der Waals surface area (Å²) in [6.45, 7) is 0. The van der Waals surface area contributed by atoms with Crippen LogP contribution < -0.4 is 3.94 Å². The molecule has 20 heavy (non-hydrogen) atoms. The summed E-state index contributed by atoms with van der Waals surface area (Å²) in [6.07, 6.45) is 1.40. The van der Waals surface area contributed by atoms with Crippen molar-refractivity contribution in [3.63, 3.8) is 0 Å². The zero-order chi connectivity index (χ0) is 15.0. The molecule has 0 aliphatic rings. The van der Waals surface area contributed by atoms with Crippen LogP contribution >= 0.6 is 46.8 Å². The summed E-state index contributed by atoms with van der Waals surface area (Å²) in [6, 6.07) is 13.9. The molecule has 0 N–H and O–H groups in total. The first-order valence-corrected chi connectivity index (χ1v) is 6.67. The second-order valence-corrected chi connectivity index (χ2v) is 5.12. The average molecular weight is 350 g/mol. The Balaban J connectivity index is 0.000000204. The number of isocyanates is 1. The van der Waals surface area contributed by atoms with Gasteiger partial charge in [0.25, 0.3) is 0 Å². The van der Waals surface area contributed by atoms with Gasteiger partial charge < -0.3 is 0 Å². The molecule has 0 bridgehead atoms. The van der Waals surface area contributed by atoms with Crippen LogP contribution in [0.2, 0.25) is 10.0 Å². The van der Waals surface area contributed by atoms with E-state index in [0.717, 1.165) is 9.63 Å². The van der Waals surface area contributed by atoms with E-state index in [2.05, 4.69) is 4.99 Å². The zero-order valence-electron chi connectivity index (χ0n) is 9.93. The van der Waals surface area contributed by atoms with Crippen molar-refractivity contribution in [3.8, 4) is 0 Å². The molecule has 0 spiro atoms. The summed E-state index contributed by atoms with van der Waals surface area (Å²) in [5, 5.41) is 0.901. The van der Waals surface area contributed by atoms with Gasteiger partial charge in [0.1, 0.15) is 0 Å². The van der Waals surface area contributed by atoms with Crippen molar-refractivity contribution < 1.29 is 4.79 Å². The Morgan fingerprint density at radius 2 is 1.50 bits per heavy atom. The predicted molar refractivity (Wildman–Crippen MR) is 84.9 cm³/mol. The topological polar surface area (TPSA) is 32.7 Å². The van der Waals surface area contributed by atoms with Gasteiger partial charge in [-0.05, 0) is 30.3 Å². The van der Waals surface area contributed by atoms with Crippen LogP contribution in [0.3, 0.4) is 0 Å². The molecule has 0 aromatic heterocycles. The molecule has 7 heteroatoms. The molecule has 0 fully saturated rings. The van der Waals surface area contributed by atoms with Gasteiger partial charge >= 0.3 is 0 Å². The molecule has 2 rings (SSSR count). The average Bonchev–Trinajstić information content (AvgIpc) is 2.39. The molecule has 0 saturated heterocycles. The van der Waals surface area contributed by atoms with Crippen molar-refractivity contribution in [2.45, 2.75) is 0 Å². The standard InChI is InChI=1S/C7H3Cl2NO.C6H5Cl2N/c8-5-1-6(9)3-7(2-5)10-4-11;7-9(8)6-4-2-1-3-5-6/h1-3H;1-5H. The number of aliphatic imine (C=N–C) groups is 1. The van der Waals surface area contributed by atoms with Crippen LogP contribution in [0.1, 0.15) is 0 Å². The quantitative estimate of drug-likeness (QED) is 0.392. The van der Waals surface area contributed by atoms with Crippen LogP contribution in [0.25, 0.3) is 0 Å². The summed E-state index contributed by atoms with van der Waals surface area (Å²) in [7, 11) is 0. The third kappa shape index (κ3) is 6.29. The first-order valence-electron chi connectivity index (χ1n) is 5.23. The summed E-state index contributed by atoms with van der Waals surface area (Å²) in [5.41, 5.74) is 1.19. The van der Waals surface area contributed by atoms with Crippen molar-refractivity contribution in [1.29, 1.82) is 0 Å². The Morgan fingerprint density at radius 1 is 0.950 bits per heavy atom. The second-order valence-electron chi connectivity index (χ2n) is 3.40. The predicted octanol–water partition coefficient (Wildman–Crippen LogP) is 5.76. The maximum Gasteiger partial charge on any atom is 0.240 e. The molecule has 0 heterocycles. The first kappa shape index (κ1) is 16.8. The molecule has 0 aliphatic carbocycles. The Morgan fingerprint density at radius 3 is 1.90 bits per heavy atom. The number of halogens is 4. The minimum atomic E-state index is 0.414. The van der Waals surface area contributed by atoms with Gasteiger partial charge in [0, 0.05) is 33.6 Å². The van der Waals surface area contributed by atoms with E-state index in [1.807, 2.05) is 30.3 Å². The van der Waals surface area contributed by atoms with Gasteiger partial charge in [-0.1, -0.05) is 41.4 Å². The Hall–Kier alpha value is -1.22. The molecule has 0 aliphatic heterocycles. The largest absolute Gasteiger partial charge is 0.240 e. The minimum absolute atomic E-state index is 0.414. The molecule has 3 nitrogen and oxygen atoms in total. The van der Waals surface area contributed by atoms with E-state index in [4.69, 9.17) is 46.8 Å². The SMILES string of the molecule is ClN(Cl)c1ccccc1.O=C=Nc1cc(Cl)cc(Cl)c1. The normalized spacial score (nSPS) is 9.00. The summed E-state index contributed by atoms with van der Waals surface area (Å²) in [4.78, 5) is 13.2. The number of para-hydroxylation sites is 1. The van der Waals surface area contributed by atoms with Gasteiger partial charge in [-0.15, -0.1) is 0 Å². The molecule has 2 aromatic carbocycles. The van der Waals surface area contributed by atoms with E-state index in [-0.39, 0.29) is 0 Å². The van der Waals surface area contributed by atoms with Crippen molar-refractivity contribution in [2.24, 2.45) is 4.99 Å². The fourth-order valence-corrected chi connectivity index (χ4v) is 1.94. The number of hydrogen-bond acceptors (Lipinski definition) is 3. The number of hydrogen-bond donors (Lipinski definition) is 0. The Kier molecular flexibility index (Phi) is 7.45. The first-order chi connectivity index (χ1) is 9.52. The fourth-order valence-electron chi connectivity index (χ4n) is 1.20. The molecule has 2 aromatic rings. The highest BCUT2D eigenvalue weighted by Gasteiger charge is 1.95. The van der Waals surface area contributed by atoms with Gasteiger partial charge in [-0.2, -0.15) is 8.93 Å². The van der Waals surface area contributed by atoms with E-state index in [0.29, 0.717) is 15.7 Å². The summed E-state index contributed by atoms with van der Waals surface area (Å²) < 4.78 is 1.03.